The van der Waals surface area contributed by atoms with E-state index in [1.165, 1.54) is 30.6 Å². The third-order valence-electron chi connectivity index (χ3n) is 2.86. The Morgan fingerprint density at radius 1 is 1.30 bits per heavy atom. The summed E-state index contributed by atoms with van der Waals surface area (Å²) in [5.74, 6) is 0.517. The van der Waals surface area contributed by atoms with Gasteiger partial charge in [0.05, 0.1) is 19.0 Å². The molecule has 1 heterocycles. The summed E-state index contributed by atoms with van der Waals surface area (Å²) in [5.41, 5.74) is 2.25. The zero-order valence-corrected chi connectivity index (χ0v) is 15.4. The highest BCUT2D eigenvalue weighted by atomic mass is 32.2. The Bertz CT molecular complexity index is 758. The Hall–Kier alpha value is -2.02. The molecule has 0 spiro atoms. The molecule has 2 rings (SSSR count). The summed E-state index contributed by atoms with van der Waals surface area (Å²) in [6.07, 6.45) is 3.99. The SMILES string of the molecule is CCC.COc1c(C)cc(C)cc1NS(=O)(=O)c1cnn(C)c1.[HH]. The number of rotatable bonds is 4. The van der Waals surface area contributed by atoms with Gasteiger partial charge in [0.1, 0.15) is 10.6 Å². The predicted octanol–water partition coefficient (Wildman–Crippen LogP) is 3.51. The zero-order chi connectivity index (χ0) is 17.6. The van der Waals surface area contributed by atoms with Gasteiger partial charge >= 0.3 is 0 Å². The van der Waals surface area contributed by atoms with Gasteiger partial charge in [0.15, 0.2) is 0 Å². The van der Waals surface area contributed by atoms with E-state index in [1.807, 2.05) is 19.9 Å². The Kier molecular flexibility index (Phi) is 6.62. The molecule has 0 saturated carbocycles. The average molecular weight is 341 g/mol. The maximum absolute atomic E-state index is 12.3. The summed E-state index contributed by atoms with van der Waals surface area (Å²) < 4.78 is 33.8. The second kappa shape index (κ2) is 8.01. The number of aromatic nitrogens is 2. The van der Waals surface area contributed by atoms with Crippen molar-refractivity contribution in [3.05, 3.63) is 35.7 Å². The van der Waals surface area contributed by atoms with Gasteiger partial charge < -0.3 is 4.74 Å². The summed E-state index contributed by atoms with van der Waals surface area (Å²) >= 11 is 0. The van der Waals surface area contributed by atoms with Gasteiger partial charge in [-0.3, -0.25) is 9.40 Å². The molecule has 0 unspecified atom stereocenters. The van der Waals surface area contributed by atoms with Crippen LogP contribution in [0.2, 0.25) is 0 Å². The van der Waals surface area contributed by atoms with Crippen LogP contribution in [0.1, 0.15) is 32.8 Å². The van der Waals surface area contributed by atoms with Crippen LogP contribution in [-0.2, 0) is 17.1 Å². The van der Waals surface area contributed by atoms with Crippen molar-refractivity contribution in [2.75, 3.05) is 11.8 Å². The van der Waals surface area contributed by atoms with Crippen LogP contribution < -0.4 is 9.46 Å². The highest BCUT2D eigenvalue weighted by Gasteiger charge is 2.19. The maximum atomic E-state index is 12.3. The molecule has 1 N–H and O–H groups in total. The quantitative estimate of drug-likeness (QED) is 0.923. The van der Waals surface area contributed by atoms with Crippen LogP contribution in [0.4, 0.5) is 5.69 Å². The first-order valence-corrected chi connectivity index (χ1v) is 8.90. The van der Waals surface area contributed by atoms with E-state index in [2.05, 4.69) is 23.7 Å². The van der Waals surface area contributed by atoms with Gasteiger partial charge in [-0.1, -0.05) is 26.3 Å². The van der Waals surface area contributed by atoms with Crippen molar-refractivity contribution in [3.63, 3.8) is 0 Å². The first-order valence-electron chi connectivity index (χ1n) is 7.41. The molecule has 0 aliphatic carbocycles. The van der Waals surface area contributed by atoms with E-state index in [9.17, 15) is 8.42 Å². The summed E-state index contributed by atoms with van der Waals surface area (Å²) in [5, 5.41) is 3.87. The van der Waals surface area contributed by atoms with Gasteiger partial charge in [-0.15, -0.1) is 0 Å². The highest BCUT2D eigenvalue weighted by Crippen LogP contribution is 2.31. The molecule has 2 aromatic rings. The molecule has 0 radical (unpaired) electrons. The van der Waals surface area contributed by atoms with Crippen LogP contribution in [0, 0.1) is 13.8 Å². The number of ether oxygens (including phenoxy) is 1. The van der Waals surface area contributed by atoms with Gasteiger partial charge in [-0.25, -0.2) is 8.42 Å². The zero-order valence-electron chi connectivity index (χ0n) is 14.5. The van der Waals surface area contributed by atoms with E-state index in [1.54, 1.807) is 13.1 Å². The molecular formula is C16H27N3O3S. The van der Waals surface area contributed by atoms with Crippen LogP contribution in [0.5, 0.6) is 5.75 Å². The summed E-state index contributed by atoms with van der Waals surface area (Å²) in [7, 11) is -0.495. The fraction of sp³-hybridized carbons (Fsp3) is 0.438. The van der Waals surface area contributed by atoms with E-state index >= 15 is 0 Å². The molecular weight excluding hydrogens is 314 g/mol. The number of nitrogens with zero attached hydrogens (tertiary/aromatic N) is 2. The monoisotopic (exact) mass is 341 g/mol. The number of aryl methyl sites for hydroxylation is 3. The molecule has 0 fully saturated rings. The minimum atomic E-state index is -3.67. The smallest absolute Gasteiger partial charge is 0.265 e. The van der Waals surface area contributed by atoms with Crippen molar-refractivity contribution in [1.29, 1.82) is 0 Å². The standard InChI is InChI=1S/C13H17N3O3S.C3H8.H2/c1-9-5-10(2)13(19-4)12(6-9)15-20(17,18)11-7-14-16(3)8-11;1-3-2;/h5-8,15H,1-4H3;3H2,1-2H3;1H. The van der Waals surface area contributed by atoms with Gasteiger partial charge in [0.25, 0.3) is 10.0 Å². The lowest BCUT2D eigenvalue weighted by atomic mass is 10.1. The van der Waals surface area contributed by atoms with Crippen molar-refractivity contribution in [1.82, 2.24) is 9.78 Å². The molecule has 0 aliphatic heterocycles. The molecule has 7 heteroatoms. The van der Waals surface area contributed by atoms with Crippen molar-refractivity contribution in [2.45, 2.75) is 39.0 Å². The second-order valence-corrected chi connectivity index (χ2v) is 7.01. The normalized spacial score (nSPS) is 10.7. The van der Waals surface area contributed by atoms with E-state index < -0.39 is 10.0 Å². The second-order valence-electron chi connectivity index (χ2n) is 5.32. The number of nitrogens with one attached hydrogen (secondary N) is 1. The minimum Gasteiger partial charge on any atom is -0.494 e. The summed E-state index contributed by atoms with van der Waals surface area (Å²) in [6.45, 7) is 8.02. The molecule has 0 saturated heterocycles. The van der Waals surface area contributed by atoms with Crippen LogP contribution in [0.15, 0.2) is 29.4 Å². The van der Waals surface area contributed by atoms with Crippen molar-refractivity contribution in [3.8, 4) is 5.75 Å². The number of anilines is 1. The number of sulfonamides is 1. The topological polar surface area (TPSA) is 73.2 Å². The average Bonchev–Trinajstić information content (AvgIpc) is 2.86. The van der Waals surface area contributed by atoms with Gasteiger partial charge in [-0.2, -0.15) is 5.10 Å². The molecule has 0 aliphatic rings. The third-order valence-corrected chi connectivity index (χ3v) is 4.18. The lowest BCUT2D eigenvalue weighted by molar-refractivity contribution is 0.413. The van der Waals surface area contributed by atoms with Gasteiger partial charge in [0.2, 0.25) is 0 Å². The first kappa shape index (κ1) is 19.0. The molecule has 0 amide bonds. The lowest BCUT2D eigenvalue weighted by Crippen LogP contribution is -2.13. The van der Waals surface area contributed by atoms with Crippen molar-refractivity contribution >= 4 is 15.7 Å². The van der Waals surface area contributed by atoms with Crippen molar-refractivity contribution in [2.24, 2.45) is 7.05 Å². The summed E-state index contributed by atoms with van der Waals surface area (Å²) in [4.78, 5) is 0.112. The highest BCUT2D eigenvalue weighted by molar-refractivity contribution is 7.92. The molecule has 130 valence electrons. The Morgan fingerprint density at radius 3 is 2.39 bits per heavy atom. The molecule has 6 nitrogen and oxygen atoms in total. The number of methoxy groups -OCH3 is 1. The molecule has 0 bridgehead atoms. The fourth-order valence-corrected chi connectivity index (χ4v) is 3.08. The van der Waals surface area contributed by atoms with Crippen LogP contribution in [0.25, 0.3) is 0 Å². The lowest BCUT2D eigenvalue weighted by Gasteiger charge is -2.14. The molecule has 1 aromatic heterocycles. The third kappa shape index (κ3) is 4.99. The minimum absolute atomic E-state index is 0. The van der Waals surface area contributed by atoms with Crippen LogP contribution in [0.3, 0.4) is 0 Å². The van der Waals surface area contributed by atoms with E-state index in [4.69, 9.17) is 4.74 Å². The number of hydrogen-bond acceptors (Lipinski definition) is 4. The molecule has 1 aromatic carbocycles. The summed E-state index contributed by atoms with van der Waals surface area (Å²) in [6, 6.07) is 3.67. The van der Waals surface area contributed by atoms with Gasteiger partial charge in [0, 0.05) is 14.7 Å². The van der Waals surface area contributed by atoms with Gasteiger partial charge in [-0.05, 0) is 31.0 Å². The Morgan fingerprint density at radius 2 is 1.91 bits per heavy atom. The molecule has 23 heavy (non-hydrogen) atoms. The van der Waals surface area contributed by atoms with E-state index in [-0.39, 0.29) is 6.32 Å². The fourth-order valence-electron chi connectivity index (χ4n) is 2.04. The van der Waals surface area contributed by atoms with E-state index in [0.717, 1.165) is 11.1 Å². The predicted molar refractivity (Wildman–Crippen MR) is 94.6 cm³/mol. The van der Waals surface area contributed by atoms with Crippen LogP contribution >= 0.6 is 0 Å². The Labute approximate surface area is 140 Å². The molecule has 0 atom stereocenters. The number of hydrogen-bond donors (Lipinski definition) is 1. The largest absolute Gasteiger partial charge is 0.494 e. The first-order chi connectivity index (χ1) is 10.7. The van der Waals surface area contributed by atoms with Crippen LogP contribution in [-0.4, -0.2) is 25.3 Å². The van der Waals surface area contributed by atoms with E-state index in [0.29, 0.717) is 11.4 Å². The van der Waals surface area contributed by atoms with Crippen molar-refractivity contribution < 1.29 is 14.6 Å². The number of benzene rings is 1. The maximum Gasteiger partial charge on any atom is 0.265 e. The Balaban J connectivity index is 0.00000123.